The van der Waals surface area contributed by atoms with Crippen LogP contribution in [0.15, 0.2) is 0 Å². The second-order valence-electron chi connectivity index (χ2n) is 2.57. The minimum absolute atomic E-state index is 0. The molecule has 0 saturated carbocycles. The predicted octanol–water partition coefficient (Wildman–Crippen LogP) is 3.24. The smallest absolute Gasteiger partial charge is 1.00 e. The molecule has 9 heavy (non-hydrogen) atoms. The van der Waals surface area contributed by atoms with Crippen LogP contribution < -0.4 is 0 Å². The number of hydrogen-bond acceptors (Lipinski definition) is 0. The molecule has 0 saturated heterocycles. The Morgan fingerprint density at radius 3 is 1.78 bits per heavy atom. The van der Waals surface area contributed by atoms with Crippen molar-refractivity contribution in [3.05, 3.63) is 0 Å². The molecule has 1 heteroatoms. The van der Waals surface area contributed by atoms with Crippen LogP contribution in [-0.2, 0) is 0 Å². The molecule has 0 unspecified atom stereocenters. The Morgan fingerprint density at radius 1 is 1.00 bits per heavy atom. The summed E-state index contributed by atoms with van der Waals surface area (Å²) in [6.45, 7) is 4.58. The van der Waals surface area contributed by atoms with Gasteiger partial charge in [0, 0.05) is 0 Å². The van der Waals surface area contributed by atoms with Crippen LogP contribution in [0.5, 0.6) is 0 Å². The average molecular weight is 185 g/mol. The van der Waals surface area contributed by atoms with Crippen molar-refractivity contribution in [3.63, 3.8) is 0 Å². The van der Waals surface area contributed by atoms with Crippen molar-refractivity contribution in [2.45, 2.75) is 49.5 Å². The molecule has 54 valence electrons. The van der Waals surface area contributed by atoms with Gasteiger partial charge in [-0.15, -0.1) is 0 Å². The molecule has 0 N–H and O–H groups in total. The summed E-state index contributed by atoms with van der Waals surface area (Å²) in [6.07, 6.45) is 5.82. The zero-order chi connectivity index (χ0) is 6.95. The van der Waals surface area contributed by atoms with Crippen molar-refractivity contribution >= 4 is 17.4 Å². The summed E-state index contributed by atoms with van der Waals surface area (Å²) in [7, 11) is 0. The molecule has 0 aliphatic heterocycles. The van der Waals surface area contributed by atoms with Crippen molar-refractivity contribution in [2.75, 3.05) is 0 Å². The monoisotopic (exact) mass is 184 g/mol. The Labute approximate surface area is 68.7 Å². The Kier molecular flexibility index (Phi) is 9.25. The molecule has 0 aromatic heterocycles. The third-order valence-electron chi connectivity index (χ3n) is 1.52. The van der Waals surface area contributed by atoms with Gasteiger partial charge < -0.3 is 1.43 Å². The summed E-state index contributed by atoms with van der Waals surface area (Å²) in [6, 6.07) is 0. The van der Waals surface area contributed by atoms with Crippen molar-refractivity contribution in [1.29, 1.82) is 0 Å². The van der Waals surface area contributed by atoms with E-state index < -0.39 is 0 Å². The van der Waals surface area contributed by atoms with E-state index in [0.29, 0.717) is 0 Å². The summed E-state index contributed by atoms with van der Waals surface area (Å²) >= 11 is 0.255. The summed E-state index contributed by atoms with van der Waals surface area (Å²) in [5, 5.41) is 0. The van der Waals surface area contributed by atoms with Gasteiger partial charge in [-0.05, 0) is 0 Å². The second kappa shape index (κ2) is 8.64. The number of unbranched alkanes of at least 4 members (excludes halogenated alkanes) is 2. The van der Waals surface area contributed by atoms with Crippen LogP contribution in [0.25, 0.3) is 0 Å². The molecular formula is C8H19Ga. The van der Waals surface area contributed by atoms with Crippen molar-refractivity contribution in [1.82, 2.24) is 0 Å². The first-order valence-electron chi connectivity index (χ1n) is 4.23. The van der Waals surface area contributed by atoms with E-state index in [-0.39, 0.29) is 18.8 Å². The predicted molar refractivity (Wildman–Crippen MR) is 46.3 cm³/mol. The third-order valence-corrected chi connectivity index (χ3v) is 4.95. The first-order chi connectivity index (χ1) is 4.41. The standard InChI is InChI=1S/2C4H9.Ga.H/c2*1-3-4-2;;/h2*1,3-4H2,2H3;;/q;;+1;-1. The molecule has 0 heterocycles. The van der Waals surface area contributed by atoms with Crippen LogP contribution in [0, 0.1) is 0 Å². The van der Waals surface area contributed by atoms with Crippen LogP contribution in [0.4, 0.5) is 0 Å². The van der Waals surface area contributed by atoms with Gasteiger partial charge in [-0.2, -0.15) is 0 Å². The van der Waals surface area contributed by atoms with E-state index in [0.717, 1.165) is 0 Å². The SMILES string of the molecule is CCC[CH2][Ga+][CH2]CCC.[H-]. The maximum Gasteiger partial charge on any atom is -1.00 e. The molecular weight excluding hydrogens is 166 g/mol. The van der Waals surface area contributed by atoms with Gasteiger partial charge in [-0.3, -0.25) is 0 Å². The van der Waals surface area contributed by atoms with Gasteiger partial charge in [-0.25, -0.2) is 0 Å². The van der Waals surface area contributed by atoms with E-state index in [9.17, 15) is 0 Å². The minimum Gasteiger partial charge on any atom is -1.00 e. The molecule has 0 aliphatic rings. The van der Waals surface area contributed by atoms with Crippen LogP contribution in [0.2, 0.25) is 9.95 Å². The Hall–Kier alpha value is 0.636. The van der Waals surface area contributed by atoms with E-state index in [1.54, 1.807) is 9.95 Å². The quantitative estimate of drug-likeness (QED) is 0.440. The van der Waals surface area contributed by atoms with E-state index in [1.165, 1.54) is 25.7 Å². The van der Waals surface area contributed by atoms with Gasteiger partial charge in [0.2, 0.25) is 0 Å². The molecule has 0 spiro atoms. The largest absolute Gasteiger partial charge is 1.00 e. The molecule has 0 aromatic carbocycles. The number of rotatable bonds is 6. The van der Waals surface area contributed by atoms with Crippen LogP contribution in [0.1, 0.15) is 41.0 Å². The topological polar surface area (TPSA) is 0 Å². The maximum atomic E-state index is 2.29. The second-order valence-corrected chi connectivity index (χ2v) is 6.21. The van der Waals surface area contributed by atoms with E-state index in [2.05, 4.69) is 13.8 Å². The molecule has 0 bridgehead atoms. The zero-order valence-electron chi connectivity index (χ0n) is 7.82. The van der Waals surface area contributed by atoms with Gasteiger partial charge >= 0.3 is 66.9 Å². The number of hydrogen-bond donors (Lipinski definition) is 0. The first kappa shape index (κ1) is 9.64. The van der Waals surface area contributed by atoms with Crippen molar-refractivity contribution in [3.8, 4) is 0 Å². The molecule has 0 rings (SSSR count). The molecule has 0 fully saturated rings. The molecule has 0 aliphatic carbocycles. The average Bonchev–Trinajstić information content (AvgIpc) is 1.89. The Morgan fingerprint density at radius 2 is 1.44 bits per heavy atom. The van der Waals surface area contributed by atoms with Gasteiger partial charge in [-0.1, -0.05) is 0 Å². The third kappa shape index (κ3) is 8.64. The first-order valence-corrected chi connectivity index (χ1v) is 7.66. The van der Waals surface area contributed by atoms with Crippen LogP contribution >= 0.6 is 0 Å². The van der Waals surface area contributed by atoms with Gasteiger partial charge in [0.1, 0.15) is 0 Å². The Bertz CT molecular complexity index is 42.5. The molecule has 0 nitrogen and oxygen atoms in total. The molecule has 0 aromatic rings. The molecule has 0 amide bonds. The minimum atomic E-state index is 0. The Balaban J connectivity index is 0. The maximum absolute atomic E-state index is 2.29. The van der Waals surface area contributed by atoms with Crippen molar-refractivity contribution in [2.24, 2.45) is 0 Å². The van der Waals surface area contributed by atoms with Crippen LogP contribution in [0.3, 0.4) is 0 Å². The zero-order valence-corrected chi connectivity index (χ0v) is 9.24. The summed E-state index contributed by atoms with van der Waals surface area (Å²) in [5.41, 5.74) is 0. The van der Waals surface area contributed by atoms with Gasteiger partial charge in [0.05, 0.1) is 0 Å². The fourth-order valence-electron chi connectivity index (χ4n) is 0.841. The van der Waals surface area contributed by atoms with Crippen LogP contribution in [-0.4, -0.2) is 17.4 Å². The summed E-state index contributed by atoms with van der Waals surface area (Å²) < 4.78 is 0. The summed E-state index contributed by atoms with van der Waals surface area (Å²) in [4.78, 5) is 3.22. The van der Waals surface area contributed by atoms with E-state index in [4.69, 9.17) is 0 Å². The van der Waals surface area contributed by atoms with E-state index in [1.807, 2.05) is 0 Å². The fraction of sp³-hybridized carbons (Fsp3) is 1.00. The molecule has 0 radical (unpaired) electrons. The fourth-order valence-corrected chi connectivity index (χ4v) is 4.37. The van der Waals surface area contributed by atoms with E-state index >= 15 is 0 Å². The molecule has 0 atom stereocenters. The normalized spacial score (nSPS) is 9.11. The van der Waals surface area contributed by atoms with Gasteiger partial charge in [0.25, 0.3) is 0 Å². The van der Waals surface area contributed by atoms with Gasteiger partial charge in [0.15, 0.2) is 0 Å². The summed E-state index contributed by atoms with van der Waals surface area (Å²) in [5.74, 6) is 0. The van der Waals surface area contributed by atoms with Crippen molar-refractivity contribution < 1.29 is 1.43 Å².